The Morgan fingerprint density at radius 1 is 1.03 bits per heavy atom. The number of hydrogen-bond donors (Lipinski definition) is 1. The zero-order valence-corrected chi connectivity index (χ0v) is 22.2. The van der Waals surface area contributed by atoms with Crippen LogP contribution in [0.5, 0.6) is 11.5 Å². The summed E-state index contributed by atoms with van der Waals surface area (Å²) in [6, 6.07) is 17.7. The highest BCUT2D eigenvalue weighted by atomic mass is 32.2. The number of carbonyl (C=O) groups is 1. The summed E-state index contributed by atoms with van der Waals surface area (Å²) in [4.78, 5) is 13.5. The van der Waals surface area contributed by atoms with Gasteiger partial charge in [0, 0.05) is 0 Å². The van der Waals surface area contributed by atoms with Gasteiger partial charge in [0.15, 0.2) is 6.10 Å². The third-order valence-corrected chi connectivity index (χ3v) is 8.95. The summed E-state index contributed by atoms with van der Waals surface area (Å²) in [5, 5.41) is 3.04. The number of methoxy groups -OCH3 is 1. The Kier molecular flexibility index (Phi) is 6.86. The number of nitrogens with one attached hydrogen (secondary N) is 1. The molecule has 8 heteroatoms. The molecule has 37 heavy (non-hydrogen) atoms. The van der Waals surface area contributed by atoms with Gasteiger partial charge in [0.05, 0.1) is 30.3 Å². The van der Waals surface area contributed by atoms with Crippen LogP contribution in [0.1, 0.15) is 48.1 Å². The van der Waals surface area contributed by atoms with Crippen molar-refractivity contribution < 1.29 is 22.7 Å². The standard InChI is InChI=1S/C29H32N2O5S/c1-19-8-15-26-27(16-19)36-28(18-31(26)37(33,34)25-13-11-24(35-3)12-14-25)29(32)30-20(2)22-10-9-21-6-4-5-7-23(21)17-22/h8-17,20,28H,4-7,18H2,1-3H3,(H,30,32)/t20-,28+/m0/s1. The molecule has 5 rings (SSSR count). The number of amides is 1. The zero-order chi connectivity index (χ0) is 26.2. The Labute approximate surface area is 218 Å². The van der Waals surface area contributed by atoms with Crippen molar-refractivity contribution in [2.24, 2.45) is 0 Å². The van der Waals surface area contributed by atoms with Crippen LogP contribution < -0.4 is 19.1 Å². The van der Waals surface area contributed by atoms with Gasteiger partial charge in [0.25, 0.3) is 15.9 Å². The quantitative estimate of drug-likeness (QED) is 0.509. The first-order valence-electron chi connectivity index (χ1n) is 12.6. The molecular weight excluding hydrogens is 488 g/mol. The highest BCUT2D eigenvalue weighted by Crippen LogP contribution is 2.38. The second-order valence-electron chi connectivity index (χ2n) is 9.75. The number of aryl methyl sites for hydroxylation is 3. The molecule has 0 radical (unpaired) electrons. The van der Waals surface area contributed by atoms with E-state index in [1.165, 1.54) is 47.5 Å². The van der Waals surface area contributed by atoms with Gasteiger partial charge in [-0.15, -0.1) is 0 Å². The monoisotopic (exact) mass is 520 g/mol. The number of sulfonamides is 1. The van der Waals surface area contributed by atoms with Crippen molar-refractivity contribution in [1.82, 2.24) is 5.32 Å². The molecule has 1 aliphatic carbocycles. The predicted molar refractivity (Wildman–Crippen MR) is 143 cm³/mol. The van der Waals surface area contributed by atoms with Crippen molar-refractivity contribution in [2.45, 2.75) is 56.6 Å². The Morgan fingerprint density at radius 3 is 2.49 bits per heavy atom. The Bertz CT molecular complexity index is 1420. The zero-order valence-electron chi connectivity index (χ0n) is 21.4. The van der Waals surface area contributed by atoms with E-state index in [0.29, 0.717) is 17.2 Å². The van der Waals surface area contributed by atoms with Gasteiger partial charge in [-0.3, -0.25) is 9.10 Å². The first kappa shape index (κ1) is 25.1. The molecule has 0 aromatic heterocycles. The number of ether oxygens (including phenoxy) is 2. The van der Waals surface area contributed by atoms with Crippen LogP contribution in [-0.4, -0.2) is 34.1 Å². The SMILES string of the molecule is COc1ccc(S(=O)(=O)N2C[C@H](C(=O)N[C@@H](C)c3ccc4c(c3)CCCC4)Oc3cc(C)ccc32)cc1. The van der Waals surface area contributed by atoms with Crippen LogP contribution in [0.2, 0.25) is 0 Å². The van der Waals surface area contributed by atoms with Crippen LogP contribution >= 0.6 is 0 Å². The van der Waals surface area contributed by atoms with Gasteiger partial charge in [0.1, 0.15) is 11.5 Å². The van der Waals surface area contributed by atoms with E-state index in [1.54, 1.807) is 24.3 Å². The lowest BCUT2D eigenvalue weighted by Crippen LogP contribution is -2.51. The van der Waals surface area contributed by atoms with E-state index in [9.17, 15) is 13.2 Å². The topological polar surface area (TPSA) is 84.9 Å². The van der Waals surface area contributed by atoms with Crippen LogP contribution in [0.25, 0.3) is 0 Å². The molecule has 3 aromatic rings. The minimum Gasteiger partial charge on any atom is -0.497 e. The van der Waals surface area contributed by atoms with E-state index < -0.39 is 16.1 Å². The summed E-state index contributed by atoms with van der Waals surface area (Å²) in [6.07, 6.45) is 3.56. The van der Waals surface area contributed by atoms with E-state index in [1.807, 2.05) is 19.9 Å². The van der Waals surface area contributed by atoms with Gasteiger partial charge in [0.2, 0.25) is 0 Å². The molecular formula is C29H32N2O5S. The minimum atomic E-state index is -3.95. The van der Waals surface area contributed by atoms with Crippen LogP contribution in [0.3, 0.4) is 0 Å². The van der Waals surface area contributed by atoms with Gasteiger partial charge in [-0.2, -0.15) is 0 Å². The summed E-state index contributed by atoms with van der Waals surface area (Å²) in [5.41, 5.74) is 5.08. The molecule has 1 heterocycles. The van der Waals surface area contributed by atoms with Crippen molar-refractivity contribution in [3.05, 3.63) is 82.9 Å². The maximum Gasteiger partial charge on any atom is 0.264 e. The lowest BCUT2D eigenvalue weighted by atomic mass is 9.89. The summed E-state index contributed by atoms with van der Waals surface area (Å²) in [5.74, 6) is 0.572. The van der Waals surface area contributed by atoms with Gasteiger partial charge in [-0.05, 0) is 98.2 Å². The minimum absolute atomic E-state index is 0.114. The lowest BCUT2D eigenvalue weighted by molar-refractivity contribution is -0.128. The van der Waals surface area contributed by atoms with Crippen LogP contribution in [0, 0.1) is 6.92 Å². The second-order valence-corrected chi connectivity index (χ2v) is 11.6. The predicted octanol–water partition coefficient (Wildman–Crippen LogP) is 4.72. The Hall–Kier alpha value is -3.52. The molecule has 0 fully saturated rings. The van der Waals surface area contributed by atoms with Gasteiger partial charge in [-0.25, -0.2) is 8.42 Å². The number of hydrogen-bond acceptors (Lipinski definition) is 5. The largest absolute Gasteiger partial charge is 0.497 e. The molecule has 0 bridgehead atoms. The summed E-state index contributed by atoms with van der Waals surface area (Å²) in [6.45, 7) is 3.70. The summed E-state index contributed by atoms with van der Waals surface area (Å²) >= 11 is 0. The lowest BCUT2D eigenvalue weighted by Gasteiger charge is -2.35. The maximum absolute atomic E-state index is 13.7. The van der Waals surface area contributed by atoms with Crippen molar-refractivity contribution in [3.8, 4) is 11.5 Å². The molecule has 1 amide bonds. The van der Waals surface area contributed by atoms with Gasteiger partial charge < -0.3 is 14.8 Å². The highest BCUT2D eigenvalue weighted by Gasteiger charge is 2.38. The molecule has 7 nitrogen and oxygen atoms in total. The fourth-order valence-electron chi connectivity index (χ4n) is 5.01. The molecule has 194 valence electrons. The van der Waals surface area contributed by atoms with Gasteiger partial charge >= 0.3 is 0 Å². The van der Waals surface area contributed by atoms with Gasteiger partial charge in [-0.1, -0.05) is 24.3 Å². The Balaban J connectivity index is 1.40. The van der Waals surface area contributed by atoms with Crippen LogP contribution in [0.4, 0.5) is 5.69 Å². The fourth-order valence-corrected chi connectivity index (χ4v) is 6.49. The maximum atomic E-state index is 13.7. The first-order valence-corrected chi connectivity index (χ1v) is 14.1. The molecule has 0 unspecified atom stereocenters. The molecule has 0 spiro atoms. The average Bonchev–Trinajstić information content (AvgIpc) is 2.91. The van der Waals surface area contributed by atoms with Crippen molar-refractivity contribution >= 4 is 21.6 Å². The number of anilines is 1. The Morgan fingerprint density at radius 2 is 1.76 bits per heavy atom. The van der Waals surface area contributed by atoms with E-state index in [2.05, 4.69) is 23.5 Å². The van der Waals surface area contributed by atoms with Crippen molar-refractivity contribution in [3.63, 3.8) is 0 Å². The van der Waals surface area contributed by atoms with Crippen molar-refractivity contribution in [2.75, 3.05) is 18.0 Å². The number of nitrogens with zero attached hydrogens (tertiary/aromatic N) is 1. The molecule has 3 aromatic carbocycles. The summed E-state index contributed by atoms with van der Waals surface area (Å²) < 4.78 is 39.9. The molecule has 0 saturated carbocycles. The number of rotatable bonds is 6. The molecule has 2 atom stereocenters. The first-order chi connectivity index (χ1) is 17.8. The summed E-state index contributed by atoms with van der Waals surface area (Å²) in [7, 11) is -2.43. The van der Waals surface area contributed by atoms with E-state index in [-0.39, 0.29) is 23.4 Å². The van der Waals surface area contributed by atoms with E-state index >= 15 is 0 Å². The number of benzene rings is 3. The molecule has 2 aliphatic rings. The van der Waals surface area contributed by atoms with Crippen molar-refractivity contribution in [1.29, 1.82) is 0 Å². The average molecular weight is 521 g/mol. The molecule has 1 N–H and O–H groups in total. The number of fused-ring (bicyclic) bond motifs is 2. The third-order valence-electron chi connectivity index (χ3n) is 7.16. The second kappa shape index (κ2) is 10.1. The van der Waals surface area contributed by atoms with E-state index in [0.717, 1.165) is 24.0 Å². The third kappa shape index (κ3) is 5.03. The fraction of sp³-hybridized carbons (Fsp3) is 0.345. The van der Waals surface area contributed by atoms with Crippen LogP contribution in [-0.2, 0) is 27.7 Å². The smallest absolute Gasteiger partial charge is 0.264 e. The number of carbonyl (C=O) groups excluding carboxylic acids is 1. The normalized spacial score (nSPS) is 17.7. The van der Waals surface area contributed by atoms with Crippen LogP contribution in [0.15, 0.2) is 65.6 Å². The highest BCUT2D eigenvalue weighted by molar-refractivity contribution is 7.92. The van der Waals surface area contributed by atoms with E-state index in [4.69, 9.17) is 9.47 Å². The molecule has 0 saturated heterocycles. The molecule has 1 aliphatic heterocycles.